The fourth-order valence-electron chi connectivity index (χ4n) is 4.29. The number of anilines is 1. The summed E-state index contributed by atoms with van der Waals surface area (Å²) in [4.78, 5) is 25.7. The number of carbonyl (C=O) groups excluding carboxylic acids is 1. The van der Waals surface area contributed by atoms with E-state index in [9.17, 15) is 4.79 Å². The Hall–Kier alpha value is -3.66. The molecule has 9 nitrogen and oxygen atoms in total. The van der Waals surface area contributed by atoms with Crippen LogP contribution in [0.3, 0.4) is 0 Å². The average molecular weight is 506 g/mol. The van der Waals surface area contributed by atoms with Crippen molar-refractivity contribution >= 4 is 34.4 Å². The van der Waals surface area contributed by atoms with Crippen LogP contribution in [0.1, 0.15) is 49.9 Å². The van der Waals surface area contributed by atoms with Gasteiger partial charge in [-0.1, -0.05) is 49.5 Å². The summed E-state index contributed by atoms with van der Waals surface area (Å²) < 4.78 is 6.11. The molecule has 0 aliphatic heterocycles. The Kier molecular flexibility index (Phi) is 8.37. The first kappa shape index (κ1) is 25.4. The molecule has 4 N–H and O–H groups in total. The molecule has 0 saturated heterocycles. The summed E-state index contributed by atoms with van der Waals surface area (Å²) in [5, 5.41) is 21.2. The van der Waals surface area contributed by atoms with Crippen LogP contribution in [0.5, 0.6) is 5.75 Å². The van der Waals surface area contributed by atoms with Gasteiger partial charge in [-0.25, -0.2) is 19.7 Å². The first-order valence-electron chi connectivity index (χ1n) is 12.1. The Balaban J connectivity index is 1.61. The van der Waals surface area contributed by atoms with Crippen molar-refractivity contribution in [3.05, 3.63) is 41.9 Å². The molecule has 4 rings (SSSR count). The van der Waals surface area contributed by atoms with Crippen LogP contribution in [0.4, 0.5) is 9.93 Å². The van der Waals surface area contributed by atoms with Gasteiger partial charge in [-0.05, 0) is 43.0 Å². The third-order valence-electron chi connectivity index (χ3n) is 6.32. The maximum Gasteiger partial charge on any atom is 0.320 e. The van der Waals surface area contributed by atoms with E-state index in [1.54, 1.807) is 6.20 Å². The lowest BCUT2D eigenvalue weighted by Crippen LogP contribution is -2.24. The van der Waals surface area contributed by atoms with Crippen molar-refractivity contribution in [3.8, 4) is 27.6 Å². The molecular formula is C26H31N7O2S. The minimum absolute atomic E-state index is 0.0936. The molecular weight excluding hydrogens is 474 g/mol. The van der Waals surface area contributed by atoms with E-state index in [4.69, 9.17) is 15.6 Å². The van der Waals surface area contributed by atoms with E-state index in [1.165, 1.54) is 50.5 Å². The number of urea groups is 1. The van der Waals surface area contributed by atoms with Gasteiger partial charge >= 0.3 is 6.03 Å². The fraction of sp³-hybridized carbons (Fsp3) is 0.385. The molecule has 1 saturated carbocycles. The number of aryl methyl sites for hydroxylation is 1. The van der Waals surface area contributed by atoms with Crippen LogP contribution in [-0.4, -0.2) is 46.6 Å². The van der Waals surface area contributed by atoms with E-state index in [0.717, 1.165) is 35.4 Å². The van der Waals surface area contributed by atoms with Crippen molar-refractivity contribution < 1.29 is 9.53 Å². The van der Waals surface area contributed by atoms with E-state index >= 15 is 0 Å². The number of carbonyl (C=O) groups is 1. The van der Waals surface area contributed by atoms with Gasteiger partial charge in [0.15, 0.2) is 11.0 Å². The van der Waals surface area contributed by atoms with Gasteiger partial charge in [0.05, 0.1) is 22.9 Å². The van der Waals surface area contributed by atoms with E-state index in [1.807, 2.05) is 31.2 Å². The Labute approximate surface area is 214 Å². The van der Waals surface area contributed by atoms with Crippen LogP contribution in [-0.2, 0) is 0 Å². The second kappa shape index (κ2) is 11.9. The fourth-order valence-corrected chi connectivity index (χ4v) is 5.06. The van der Waals surface area contributed by atoms with Crippen molar-refractivity contribution in [2.45, 2.75) is 45.4 Å². The summed E-state index contributed by atoms with van der Waals surface area (Å²) in [6, 6.07) is 7.44. The molecule has 188 valence electrons. The van der Waals surface area contributed by atoms with Crippen LogP contribution >= 0.6 is 11.3 Å². The van der Waals surface area contributed by atoms with Crippen molar-refractivity contribution in [1.82, 2.24) is 20.3 Å². The normalized spacial score (nSPS) is 13.7. The number of ether oxygens (including phenoxy) is 1. The van der Waals surface area contributed by atoms with E-state index < -0.39 is 0 Å². The number of hydrogen-bond acceptors (Lipinski definition) is 8. The molecule has 1 aliphatic rings. The number of nitrogens with one attached hydrogen (secondary N) is 4. The highest BCUT2D eigenvalue weighted by atomic mass is 32.1. The van der Waals surface area contributed by atoms with E-state index in [-0.39, 0.29) is 17.6 Å². The standard InChI is InChI=1S/C26H31N7O2S/c1-16-8-9-18(35-11-10-17-6-4-3-5-7-17)12-19(16)21-13-22(32-24(31-21)20(28)14-27)23-15-30-26(36-23)33-25(34)29-2/h8-9,12-15,17,27-28H,3-7,10-11H2,1-2H3,(H2,29,30,33,34). The quantitative estimate of drug-likeness (QED) is 0.277. The highest BCUT2D eigenvalue weighted by Gasteiger charge is 2.17. The van der Waals surface area contributed by atoms with Gasteiger partial charge in [0, 0.05) is 25.0 Å². The van der Waals surface area contributed by atoms with E-state index in [2.05, 4.69) is 25.6 Å². The SMILES string of the molecule is CNC(=O)Nc1ncc(-c2cc(-c3cc(OCCC4CCCCC4)ccc3C)nc(C(=N)C=N)n2)s1. The Bertz CT molecular complexity index is 1250. The average Bonchev–Trinajstić information content (AvgIpc) is 3.38. The number of amides is 2. The van der Waals surface area contributed by atoms with Crippen molar-refractivity contribution in [1.29, 1.82) is 10.8 Å². The van der Waals surface area contributed by atoms with Gasteiger partial charge in [0.25, 0.3) is 0 Å². The molecule has 2 heterocycles. The van der Waals surface area contributed by atoms with Crippen LogP contribution in [0.15, 0.2) is 30.5 Å². The first-order valence-corrected chi connectivity index (χ1v) is 13.0. The monoisotopic (exact) mass is 505 g/mol. The minimum Gasteiger partial charge on any atom is -0.494 e. The smallest absolute Gasteiger partial charge is 0.320 e. The number of aromatic nitrogens is 3. The zero-order chi connectivity index (χ0) is 25.5. The number of nitrogens with zero attached hydrogens (tertiary/aromatic N) is 3. The van der Waals surface area contributed by atoms with Crippen LogP contribution in [0, 0.1) is 23.7 Å². The molecule has 0 bridgehead atoms. The molecule has 36 heavy (non-hydrogen) atoms. The maximum atomic E-state index is 11.6. The van der Waals surface area contributed by atoms with Crippen LogP contribution in [0.25, 0.3) is 21.8 Å². The van der Waals surface area contributed by atoms with Gasteiger partial charge in [-0.2, -0.15) is 0 Å². The predicted molar refractivity (Wildman–Crippen MR) is 144 cm³/mol. The molecule has 0 unspecified atom stereocenters. The molecule has 1 fully saturated rings. The Morgan fingerprint density at radius 2 is 1.97 bits per heavy atom. The van der Waals surface area contributed by atoms with Crippen molar-refractivity contribution in [3.63, 3.8) is 0 Å². The molecule has 1 aromatic carbocycles. The molecule has 2 aromatic heterocycles. The summed E-state index contributed by atoms with van der Waals surface area (Å²) >= 11 is 1.27. The lowest BCUT2D eigenvalue weighted by atomic mass is 9.87. The van der Waals surface area contributed by atoms with Crippen LogP contribution < -0.4 is 15.4 Å². The third-order valence-corrected chi connectivity index (χ3v) is 7.26. The molecule has 0 atom stereocenters. The summed E-state index contributed by atoms with van der Waals surface area (Å²) in [6.45, 7) is 2.69. The highest BCUT2D eigenvalue weighted by Crippen LogP contribution is 2.33. The molecule has 1 aliphatic carbocycles. The molecule has 0 spiro atoms. The minimum atomic E-state index is -0.360. The van der Waals surface area contributed by atoms with Crippen molar-refractivity contribution in [2.24, 2.45) is 5.92 Å². The summed E-state index contributed by atoms with van der Waals surface area (Å²) in [6.07, 6.45) is 10.2. The Morgan fingerprint density at radius 1 is 1.19 bits per heavy atom. The lowest BCUT2D eigenvalue weighted by Gasteiger charge is -2.21. The molecule has 0 radical (unpaired) electrons. The van der Waals surface area contributed by atoms with Gasteiger partial charge in [0.2, 0.25) is 0 Å². The maximum absolute atomic E-state index is 11.6. The second-order valence-corrected chi connectivity index (χ2v) is 9.90. The largest absolute Gasteiger partial charge is 0.494 e. The van der Waals surface area contributed by atoms with Gasteiger partial charge in [0.1, 0.15) is 11.5 Å². The van der Waals surface area contributed by atoms with Crippen molar-refractivity contribution in [2.75, 3.05) is 19.0 Å². The molecule has 3 aromatic rings. The zero-order valence-electron chi connectivity index (χ0n) is 20.6. The number of thiazole rings is 1. The topological polar surface area (TPSA) is 137 Å². The number of rotatable bonds is 9. The van der Waals surface area contributed by atoms with Gasteiger partial charge in [-0.15, -0.1) is 0 Å². The van der Waals surface area contributed by atoms with E-state index in [0.29, 0.717) is 28.0 Å². The molecule has 2 amide bonds. The second-order valence-electron chi connectivity index (χ2n) is 8.87. The number of hydrogen-bond donors (Lipinski definition) is 4. The molecule has 10 heteroatoms. The summed E-state index contributed by atoms with van der Waals surface area (Å²) in [7, 11) is 1.53. The zero-order valence-corrected chi connectivity index (χ0v) is 21.4. The summed E-state index contributed by atoms with van der Waals surface area (Å²) in [5.41, 5.74) is 2.99. The van der Waals surface area contributed by atoms with Crippen LogP contribution in [0.2, 0.25) is 0 Å². The van der Waals surface area contributed by atoms with Gasteiger partial charge < -0.3 is 15.5 Å². The third kappa shape index (κ3) is 6.31. The summed E-state index contributed by atoms with van der Waals surface area (Å²) in [5.74, 6) is 1.69. The Morgan fingerprint density at radius 3 is 2.72 bits per heavy atom. The predicted octanol–water partition coefficient (Wildman–Crippen LogP) is 5.69. The highest BCUT2D eigenvalue weighted by molar-refractivity contribution is 7.19. The first-order chi connectivity index (χ1) is 17.5. The lowest BCUT2D eigenvalue weighted by molar-refractivity contribution is 0.246. The number of benzene rings is 1. The van der Waals surface area contributed by atoms with Gasteiger partial charge in [-0.3, -0.25) is 10.7 Å².